The van der Waals surface area contributed by atoms with Crippen molar-refractivity contribution < 1.29 is 39.9 Å². The Morgan fingerprint density at radius 1 is 0.897 bits per heavy atom. The Balaban J connectivity index is 0.000000557. The topological polar surface area (TPSA) is 200 Å². The Hall–Kier alpha value is -1.87. The van der Waals surface area contributed by atoms with Crippen LogP contribution in [0.25, 0.3) is 0 Å². The quantitative estimate of drug-likeness (QED) is 0.204. The fourth-order valence-corrected chi connectivity index (χ4v) is 3.59. The van der Waals surface area contributed by atoms with Gasteiger partial charge in [-0.05, 0) is 32.9 Å². The number of carboxylic acids is 2. The van der Waals surface area contributed by atoms with Crippen molar-refractivity contribution in [3.8, 4) is 5.88 Å². The summed E-state index contributed by atoms with van der Waals surface area (Å²) >= 11 is 27.8. The summed E-state index contributed by atoms with van der Waals surface area (Å²) in [6.07, 6.45) is -1.30. The van der Waals surface area contributed by atoms with E-state index in [1.165, 1.54) is 12.1 Å². The van der Waals surface area contributed by atoms with E-state index in [0.29, 0.717) is 19.6 Å². The number of hydrogen-bond acceptors (Lipinski definition) is 10. The number of aromatic nitrogens is 2. The lowest BCUT2D eigenvalue weighted by atomic mass is 10.2. The first-order valence-corrected chi connectivity index (χ1v) is 12.8. The SMILES string of the molecule is CC(O)CN(CC(C)O)CC(C)O.Nc1cc(Cl)nc(C(=O)O)c1Cl.O=C(O)COc1nc(Cl)c(Cl)cc1Cl. The summed E-state index contributed by atoms with van der Waals surface area (Å²) < 4.78 is 4.75. The van der Waals surface area contributed by atoms with Gasteiger partial charge in [-0.15, -0.1) is 0 Å². The van der Waals surface area contributed by atoms with Gasteiger partial charge in [0.25, 0.3) is 0 Å². The first kappa shape index (κ1) is 37.1. The number of rotatable bonds is 10. The van der Waals surface area contributed by atoms with Crippen molar-refractivity contribution in [2.24, 2.45) is 0 Å². The molecule has 2 rings (SSSR count). The Kier molecular flexibility index (Phi) is 17.6. The van der Waals surface area contributed by atoms with Crippen LogP contribution in [-0.4, -0.2) is 96.9 Å². The van der Waals surface area contributed by atoms with Crippen LogP contribution in [0.2, 0.25) is 25.4 Å². The fraction of sp³-hybridized carbons (Fsp3) is 0.455. The van der Waals surface area contributed by atoms with Gasteiger partial charge in [0.15, 0.2) is 17.5 Å². The number of carboxylic acid groups (broad SMARTS) is 2. The fourth-order valence-electron chi connectivity index (χ4n) is 2.66. The number of aromatic carboxylic acids is 1. The van der Waals surface area contributed by atoms with Crippen LogP contribution in [0.15, 0.2) is 12.1 Å². The number of anilines is 1. The van der Waals surface area contributed by atoms with E-state index in [4.69, 9.17) is 94.0 Å². The lowest BCUT2D eigenvalue weighted by Crippen LogP contribution is -2.40. The first-order chi connectivity index (χ1) is 17.9. The van der Waals surface area contributed by atoms with E-state index >= 15 is 0 Å². The van der Waals surface area contributed by atoms with E-state index in [9.17, 15) is 9.59 Å². The molecule has 0 aliphatic carbocycles. The average Bonchev–Trinajstić information content (AvgIpc) is 2.77. The predicted molar refractivity (Wildman–Crippen MR) is 150 cm³/mol. The number of nitrogens with zero attached hydrogens (tertiary/aromatic N) is 3. The monoisotopic (exact) mass is 652 g/mol. The van der Waals surface area contributed by atoms with Crippen LogP contribution in [0, 0.1) is 0 Å². The first-order valence-electron chi connectivity index (χ1n) is 10.9. The number of aliphatic hydroxyl groups excluding tert-OH is 3. The minimum absolute atomic E-state index is 0.00861. The third kappa shape index (κ3) is 16.1. The Bertz CT molecular complexity index is 1070. The number of ether oxygens (including phenoxy) is 1. The molecule has 7 N–H and O–H groups in total. The lowest BCUT2D eigenvalue weighted by molar-refractivity contribution is -0.139. The van der Waals surface area contributed by atoms with E-state index in [-0.39, 0.29) is 42.6 Å². The van der Waals surface area contributed by atoms with Crippen LogP contribution in [0.1, 0.15) is 31.3 Å². The zero-order valence-electron chi connectivity index (χ0n) is 21.0. The van der Waals surface area contributed by atoms with Gasteiger partial charge < -0.3 is 36.0 Å². The largest absolute Gasteiger partial charge is 0.479 e. The summed E-state index contributed by atoms with van der Waals surface area (Å²) in [6.45, 7) is 5.98. The second-order valence-electron chi connectivity index (χ2n) is 8.00. The molecule has 3 unspecified atom stereocenters. The molecule has 12 nitrogen and oxygen atoms in total. The van der Waals surface area contributed by atoms with Gasteiger partial charge in [0.1, 0.15) is 10.2 Å². The lowest BCUT2D eigenvalue weighted by Gasteiger charge is -2.25. The van der Waals surface area contributed by atoms with E-state index in [2.05, 4.69) is 9.97 Å². The molecule has 17 heteroatoms. The van der Waals surface area contributed by atoms with Gasteiger partial charge >= 0.3 is 11.9 Å². The zero-order valence-corrected chi connectivity index (χ0v) is 24.8. The van der Waals surface area contributed by atoms with Gasteiger partial charge in [0, 0.05) is 19.6 Å². The standard InChI is InChI=1S/C9H21NO3.C7H4Cl3NO3.C6H4Cl2N2O2/c1-7(11)4-10(5-8(2)12)6-9(3)13;8-3-1-4(9)7(11-6(3)10)14-2-5(12)13;7-3-1-2(9)4(8)5(10-3)6(11)12/h7-9,11-13H,4-6H2,1-3H3;1H,2H2,(H,12,13);1H,(H2,9,10)(H,11,12). The number of halogens is 5. The molecule has 0 saturated heterocycles. The average molecular weight is 655 g/mol. The number of carbonyl (C=O) groups is 2. The van der Waals surface area contributed by atoms with Crippen LogP contribution in [0.4, 0.5) is 5.69 Å². The number of nitrogen functional groups attached to an aromatic ring is 1. The molecular formula is C22H29Cl5N4O8. The van der Waals surface area contributed by atoms with Gasteiger partial charge in [-0.2, -0.15) is 4.98 Å². The molecule has 0 bridgehead atoms. The molecule has 2 aromatic rings. The number of aliphatic carboxylic acids is 1. The molecule has 220 valence electrons. The smallest absolute Gasteiger partial charge is 0.356 e. The summed E-state index contributed by atoms with van der Waals surface area (Å²) in [7, 11) is 0. The van der Waals surface area contributed by atoms with Crippen molar-refractivity contribution in [1.82, 2.24) is 14.9 Å². The molecular weight excluding hydrogens is 626 g/mol. The molecule has 0 spiro atoms. The van der Waals surface area contributed by atoms with Gasteiger partial charge in [-0.3, -0.25) is 4.90 Å². The van der Waals surface area contributed by atoms with Gasteiger partial charge in [-0.25, -0.2) is 14.6 Å². The van der Waals surface area contributed by atoms with Crippen LogP contribution in [0.5, 0.6) is 5.88 Å². The third-order valence-corrected chi connectivity index (χ3v) is 5.45. The molecule has 0 fully saturated rings. The van der Waals surface area contributed by atoms with Crippen molar-refractivity contribution >= 4 is 75.6 Å². The summed E-state index contributed by atoms with van der Waals surface area (Å²) in [5.74, 6) is -2.44. The van der Waals surface area contributed by atoms with Crippen molar-refractivity contribution in [3.05, 3.63) is 43.2 Å². The Labute approximate surface area is 249 Å². The third-order valence-electron chi connectivity index (χ3n) is 3.91. The minimum atomic E-state index is -1.26. The van der Waals surface area contributed by atoms with Crippen LogP contribution < -0.4 is 10.5 Å². The van der Waals surface area contributed by atoms with E-state index in [1.54, 1.807) is 20.8 Å². The molecule has 0 aliphatic heterocycles. The predicted octanol–water partition coefficient (Wildman–Crippen LogP) is 3.60. The molecule has 3 atom stereocenters. The van der Waals surface area contributed by atoms with Crippen molar-refractivity contribution in [2.75, 3.05) is 32.0 Å². The maximum atomic E-state index is 10.5. The van der Waals surface area contributed by atoms with Crippen molar-refractivity contribution in [3.63, 3.8) is 0 Å². The molecule has 0 amide bonds. The van der Waals surface area contributed by atoms with Gasteiger partial charge in [0.2, 0.25) is 5.88 Å². The number of hydrogen-bond donors (Lipinski definition) is 6. The summed E-state index contributed by atoms with van der Waals surface area (Å²) in [5, 5.41) is 44.5. The minimum Gasteiger partial charge on any atom is -0.479 e. The van der Waals surface area contributed by atoms with Gasteiger partial charge in [0.05, 0.1) is 34.0 Å². The van der Waals surface area contributed by atoms with Crippen molar-refractivity contribution in [2.45, 2.75) is 39.1 Å². The second-order valence-corrected chi connectivity index (χ2v) is 9.94. The molecule has 2 heterocycles. The Morgan fingerprint density at radius 2 is 1.38 bits per heavy atom. The molecule has 39 heavy (non-hydrogen) atoms. The second kappa shape index (κ2) is 18.5. The van der Waals surface area contributed by atoms with Crippen LogP contribution in [-0.2, 0) is 4.79 Å². The number of pyridine rings is 2. The number of nitrogens with two attached hydrogens (primary N) is 1. The summed E-state index contributed by atoms with van der Waals surface area (Å²) in [4.78, 5) is 29.6. The summed E-state index contributed by atoms with van der Waals surface area (Å²) in [6, 6.07) is 2.62. The molecule has 2 aromatic heterocycles. The van der Waals surface area contributed by atoms with E-state index in [1.807, 2.05) is 4.90 Å². The normalized spacial score (nSPS) is 12.8. The van der Waals surface area contributed by atoms with E-state index in [0.717, 1.165) is 0 Å². The van der Waals surface area contributed by atoms with E-state index < -0.39 is 36.9 Å². The van der Waals surface area contributed by atoms with Gasteiger partial charge in [-0.1, -0.05) is 58.0 Å². The maximum absolute atomic E-state index is 10.5. The maximum Gasteiger partial charge on any atom is 0.356 e. The summed E-state index contributed by atoms with van der Waals surface area (Å²) in [5.41, 5.74) is 5.11. The number of aliphatic hydroxyl groups is 3. The highest BCUT2D eigenvalue weighted by molar-refractivity contribution is 6.42. The molecule has 0 radical (unpaired) electrons. The Morgan fingerprint density at radius 3 is 1.79 bits per heavy atom. The highest BCUT2D eigenvalue weighted by Crippen LogP contribution is 2.30. The molecule has 0 saturated carbocycles. The molecule has 0 aromatic carbocycles. The zero-order chi connectivity index (χ0) is 30.4. The highest BCUT2D eigenvalue weighted by atomic mass is 35.5. The van der Waals surface area contributed by atoms with Crippen LogP contribution >= 0.6 is 58.0 Å². The van der Waals surface area contributed by atoms with Crippen LogP contribution in [0.3, 0.4) is 0 Å². The molecule has 0 aliphatic rings. The van der Waals surface area contributed by atoms with Crippen molar-refractivity contribution in [1.29, 1.82) is 0 Å². The highest BCUT2D eigenvalue weighted by Gasteiger charge is 2.14.